The van der Waals surface area contributed by atoms with Crippen molar-refractivity contribution in [3.05, 3.63) is 35.0 Å². The summed E-state index contributed by atoms with van der Waals surface area (Å²) >= 11 is 0. The van der Waals surface area contributed by atoms with Crippen molar-refractivity contribution in [2.24, 2.45) is 7.05 Å². The molecule has 1 fully saturated rings. The van der Waals surface area contributed by atoms with E-state index in [1.807, 2.05) is 23.9 Å². The second-order valence-corrected chi connectivity index (χ2v) is 6.37. The number of benzene rings is 1. The largest absolute Gasteiger partial charge is 0.454 e. The summed E-state index contributed by atoms with van der Waals surface area (Å²) in [5, 5.41) is 8.15. The highest BCUT2D eigenvalue weighted by Crippen LogP contribution is 2.35. The molecule has 2 aliphatic heterocycles. The number of hydrogen-bond donors (Lipinski definition) is 1. The Morgan fingerprint density at radius 3 is 2.84 bits per heavy atom. The number of ether oxygens (including phenoxy) is 3. The molecule has 4 rings (SSSR count). The molecule has 0 radical (unpaired) electrons. The molecule has 0 unspecified atom stereocenters. The van der Waals surface area contributed by atoms with E-state index in [-0.39, 0.29) is 0 Å². The van der Waals surface area contributed by atoms with Crippen molar-refractivity contribution in [1.82, 2.24) is 15.1 Å². The third-order valence-corrected chi connectivity index (χ3v) is 4.72. The molecule has 3 heterocycles. The lowest BCUT2D eigenvalue weighted by Crippen LogP contribution is -2.38. The first-order chi connectivity index (χ1) is 12.2. The summed E-state index contributed by atoms with van der Waals surface area (Å²) in [7, 11) is 2.01. The maximum Gasteiger partial charge on any atom is 0.231 e. The molecule has 7 nitrogen and oxygen atoms in total. The molecule has 0 aliphatic carbocycles. The molecule has 0 saturated carbocycles. The molecule has 0 bridgehead atoms. The Morgan fingerprint density at radius 2 is 2.00 bits per heavy atom. The summed E-state index contributed by atoms with van der Waals surface area (Å²) in [6, 6.07) is 6.01. The third-order valence-electron chi connectivity index (χ3n) is 4.72. The van der Waals surface area contributed by atoms with Crippen LogP contribution in [0.15, 0.2) is 18.2 Å². The molecule has 1 aromatic heterocycles. The van der Waals surface area contributed by atoms with Crippen LogP contribution in [0.3, 0.4) is 0 Å². The number of morpholine rings is 1. The van der Waals surface area contributed by atoms with Crippen molar-refractivity contribution >= 4 is 5.82 Å². The van der Waals surface area contributed by atoms with Gasteiger partial charge in [-0.2, -0.15) is 5.10 Å². The Bertz CT molecular complexity index is 753. The maximum absolute atomic E-state index is 5.58. The maximum atomic E-state index is 5.58. The van der Waals surface area contributed by atoms with Gasteiger partial charge < -0.3 is 24.4 Å². The summed E-state index contributed by atoms with van der Waals surface area (Å²) in [6.07, 6.45) is 0. The van der Waals surface area contributed by atoms with Crippen LogP contribution in [-0.2, 0) is 24.9 Å². The molecular weight excluding hydrogens is 320 g/mol. The molecule has 25 heavy (non-hydrogen) atoms. The van der Waals surface area contributed by atoms with Gasteiger partial charge in [-0.3, -0.25) is 4.68 Å². The smallest absolute Gasteiger partial charge is 0.231 e. The minimum atomic E-state index is 0.301. The van der Waals surface area contributed by atoms with Gasteiger partial charge in [0.2, 0.25) is 6.79 Å². The van der Waals surface area contributed by atoms with Crippen LogP contribution >= 0.6 is 0 Å². The summed E-state index contributed by atoms with van der Waals surface area (Å²) in [5.74, 6) is 2.86. The van der Waals surface area contributed by atoms with Crippen LogP contribution in [0, 0.1) is 6.92 Å². The molecule has 1 aromatic carbocycles. The van der Waals surface area contributed by atoms with E-state index in [0.717, 1.165) is 62.1 Å². The fourth-order valence-corrected chi connectivity index (χ4v) is 3.52. The Hall–Kier alpha value is -2.25. The van der Waals surface area contributed by atoms with E-state index in [9.17, 15) is 0 Å². The van der Waals surface area contributed by atoms with Gasteiger partial charge >= 0.3 is 0 Å². The number of hydrogen-bond acceptors (Lipinski definition) is 6. The molecule has 0 spiro atoms. The van der Waals surface area contributed by atoms with Gasteiger partial charge in [0.05, 0.1) is 18.9 Å². The van der Waals surface area contributed by atoms with Crippen LogP contribution in [0.1, 0.15) is 16.8 Å². The van der Waals surface area contributed by atoms with Crippen LogP contribution in [-0.4, -0.2) is 42.9 Å². The summed E-state index contributed by atoms with van der Waals surface area (Å²) in [6.45, 7) is 7.20. The van der Waals surface area contributed by atoms with Gasteiger partial charge in [-0.1, -0.05) is 12.1 Å². The first-order valence-electron chi connectivity index (χ1n) is 8.67. The van der Waals surface area contributed by atoms with Crippen LogP contribution in [0.25, 0.3) is 0 Å². The fraction of sp³-hybridized carbons (Fsp3) is 0.500. The van der Waals surface area contributed by atoms with E-state index in [1.165, 1.54) is 11.4 Å². The fourth-order valence-electron chi connectivity index (χ4n) is 3.52. The van der Waals surface area contributed by atoms with Crippen LogP contribution in [0.2, 0.25) is 0 Å². The highest BCUT2D eigenvalue weighted by Gasteiger charge is 2.22. The molecule has 1 N–H and O–H groups in total. The number of rotatable bonds is 5. The molecular formula is C18H24N4O3. The second kappa shape index (κ2) is 6.93. The lowest BCUT2D eigenvalue weighted by Gasteiger charge is -2.29. The SMILES string of the molecule is Cc1nn(C)c(N2CCOCC2)c1CNCc1cccc2c1OCO2. The number of anilines is 1. The monoisotopic (exact) mass is 344 g/mol. The lowest BCUT2D eigenvalue weighted by atomic mass is 10.1. The minimum absolute atomic E-state index is 0.301. The number of fused-ring (bicyclic) bond motifs is 1. The van der Waals surface area contributed by atoms with Gasteiger partial charge in [0.15, 0.2) is 11.5 Å². The third kappa shape index (κ3) is 3.17. The Kier molecular flexibility index (Phi) is 4.50. The van der Waals surface area contributed by atoms with Gasteiger partial charge in [0.25, 0.3) is 0 Å². The highest BCUT2D eigenvalue weighted by atomic mass is 16.7. The number of nitrogens with one attached hydrogen (secondary N) is 1. The molecule has 0 atom stereocenters. The average Bonchev–Trinajstić information content (AvgIpc) is 3.21. The zero-order valence-corrected chi connectivity index (χ0v) is 14.7. The van der Waals surface area contributed by atoms with Crippen molar-refractivity contribution in [1.29, 1.82) is 0 Å². The first kappa shape index (κ1) is 16.2. The first-order valence-corrected chi connectivity index (χ1v) is 8.67. The Balaban J connectivity index is 1.47. The van der Waals surface area contributed by atoms with Gasteiger partial charge in [0, 0.05) is 44.4 Å². The van der Waals surface area contributed by atoms with Crippen molar-refractivity contribution in [2.45, 2.75) is 20.0 Å². The van der Waals surface area contributed by atoms with Gasteiger partial charge in [-0.25, -0.2) is 0 Å². The Labute approximate surface area is 147 Å². The second-order valence-electron chi connectivity index (χ2n) is 6.37. The number of para-hydroxylation sites is 1. The van der Waals surface area contributed by atoms with Crippen molar-refractivity contribution in [3.8, 4) is 11.5 Å². The normalized spacial score (nSPS) is 16.5. The minimum Gasteiger partial charge on any atom is -0.454 e. The zero-order chi connectivity index (χ0) is 17.2. The van der Waals surface area contributed by atoms with Crippen molar-refractivity contribution in [3.63, 3.8) is 0 Å². The van der Waals surface area contributed by atoms with Crippen LogP contribution in [0.5, 0.6) is 11.5 Å². The van der Waals surface area contributed by atoms with Gasteiger partial charge in [-0.05, 0) is 13.0 Å². The standard InChI is InChI=1S/C18H24N4O3/c1-13-15(18(21(2)20-13)22-6-8-23-9-7-22)11-19-10-14-4-3-5-16-17(14)25-12-24-16/h3-5,19H,6-12H2,1-2H3. The number of aryl methyl sites for hydroxylation is 2. The molecule has 134 valence electrons. The molecule has 2 aliphatic rings. The van der Waals surface area contributed by atoms with Gasteiger partial charge in [0.1, 0.15) is 5.82 Å². The van der Waals surface area contributed by atoms with E-state index in [2.05, 4.69) is 28.3 Å². The van der Waals surface area contributed by atoms with E-state index in [1.54, 1.807) is 0 Å². The summed E-state index contributed by atoms with van der Waals surface area (Å²) < 4.78 is 18.5. The van der Waals surface area contributed by atoms with Crippen molar-refractivity contribution < 1.29 is 14.2 Å². The predicted octanol–water partition coefficient (Wildman–Crippen LogP) is 1.58. The zero-order valence-electron chi connectivity index (χ0n) is 14.7. The summed E-state index contributed by atoms with van der Waals surface area (Å²) in [4.78, 5) is 2.36. The molecule has 2 aromatic rings. The number of aromatic nitrogens is 2. The van der Waals surface area contributed by atoms with Crippen LogP contribution < -0.4 is 19.7 Å². The molecule has 0 amide bonds. The number of nitrogens with zero attached hydrogens (tertiary/aromatic N) is 3. The molecule has 7 heteroatoms. The van der Waals surface area contributed by atoms with Crippen molar-refractivity contribution in [2.75, 3.05) is 38.0 Å². The van der Waals surface area contributed by atoms with Gasteiger partial charge in [-0.15, -0.1) is 0 Å². The Morgan fingerprint density at radius 1 is 1.16 bits per heavy atom. The van der Waals surface area contributed by atoms with Crippen LogP contribution in [0.4, 0.5) is 5.82 Å². The average molecular weight is 344 g/mol. The van der Waals surface area contributed by atoms with E-state index < -0.39 is 0 Å². The predicted molar refractivity (Wildman–Crippen MR) is 94.1 cm³/mol. The van der Waals surface area contributed by atoms with E-state index in [4.69, 9.17) is 14.2 Å². The van der Waals surface area contributed by atoms with E-state index in [0.29, 0.717) is 6.79 Å². The van der Waals surface area contributed by atoms with E-state index >= 15 is 0 Å². The summed E-state index contributed by atoms with van der Waals surface area (Å²) in [5.41, 5.74) is 3.42. The lowest BCUT2D eigenvalue weighted by molar-refractivity contribution is 0.122. The molecule has 1 saturated heterocycles. The quantitative estimate of drug-likeness (QED) is 0.889. The highest BCUT2D eigenvalue weighted by molar-refractivity contribution is 5.51. The topological polar surface area (TPSA) is 60.8 Å².